The summed E-state index contributed by atoms with van der Waals surface area (Å²) in [7, 11) is 0. The van der Waals surface area contributed by atoms with Gasteiger partial charge < -0.3 is 36.0 Å². The van der Waals surface area contributed by atoms with Gasteiger partial charge in [0.25, 0.3) is 0 Å². The van der Waals surface area contributed by atoms with E-state index in [9.17, 15) is 38.4 Å². The molecule has 508 valence electrons. The molecule has 7 aromatic heterocycles. The minimum Gasteiger partial charge on any atom is -0.480 e. The molecule has 0 radical (unpaired) electrons. The molecule has 10 heterocycles. The normalized spacial score (nSPS) is 23.7. The first-order valence-corrected chi connectivity index (χ1v) is 36.4. The van der Waals surface area contributed by atoms with Crippen molar-refractivity contribution < 1.29 is 48.2 Å². The number of carbonyl (C=O) groups excluding carboxylic acids is 7. The lowest BCUT2D eigenvalue weighted by atomic mass is 10.1. The number of ketones is 2. The van der Waals surface area contributed by atoms with Gasteiger partial charge in [0.05, 0.1) is 26.5 Å². The van der Waals surface area contributed by atoms with Gasteiger partial charge in [0.15, 0.2) is 11.6 Å². The van der Waals surface area contributed by atoms with Crippen LogP contribution < -0.4 is 21.3 Å². The number of carboxylic acids is 1. The zero-order valence-corrected chi connectivity index (χ0v) is 61.2. The molecule has 5 N–H and O–H groups in total. The zero-order valence-electron chi connectivity index (χ0n) is 54.0. The van der Waals surface area contributed by atoms with Crippen molar-refractivity contribution in [2.75, 3.05) is 35.6 Å². The van der Waals surface area contributed by atoms with Crippen molar-refractivity contribution in [3.63, 3.8) is 0 Å². The fraction of sp³-hybridized carbons (Fsp3) is 0.507. The maximum atomic E-state index is 13.4. The number of piperidine rings is 3. The van der Waals surface area contributed by atoms with Gasteiger partial charge in [-0.3, -0.25) is 47.8 Å². The molecule has 3 saturated heterocycles. The smallest absolute Gasteiger partial charge is 0.410 e. The number of carbonyl (C=O) groups is 8. The number of likely N-dealkylation sites (tertiary alicyclic amines) is 2. The molecule has 9 fully saturated rings. The molecule has 5 amide bonds. The van der Waals surface area contributed by atoms with Crippen LogP contribution in [-0.4, -0.2) is 140 Å². The number of nitrogens with zero attached hydrogens (tertiary/aromatic N) is 9. The van der Waals surface area contributed by atoms with E-state index in [0.717, 1.165) is 103 Å². The van der Waals surface area contributed by atoms with E-state index in [-0.39, 0.29) is 78.6 Å². The fourth-order valence-corrected chi connectivity index (χ4v) is 16.6. The van der Waals surface area contributed by atoms with Crippen molar-refractivity contribution in [2.24, 2.45) is 35.5 Å². The molecule has 9 aliphatic rings. The first-order chi connectivity index (χ1) is 45.2. The Labute approximate surface area is 593 Å². The molecule has 6 saturated carbocycles. The lowest BCUT2D eigenvalue weighted by molar-refractivity contribution is -0.138. The molecule has 0 unspecified atom stereocenters. The highest BCUT2D eigenvalue weighted by Crippen LogP contribution is 2.53. The monoisotopic (exact) mass is 1560 g/mol. The number of aromatic nitrogens is 7. The van der Waals surface area contributed by atoms with Crippen molar-refractivity contribution in [1.29, 1.82) is 0 Å². The van der Waals surface area contributed by atoms with Crippen LogP contribution in [0.15, 0.2) is 62.3 Å². The van der Waals surface area contributed by atoms with E-state index in [1.807, 2.05) is 77.1 Å². The average molecular weight is 1560 g/mol. The summed E-state index contributed by atoms with van der Waals surface area (Å²) in [5, 5.41) is 29.6. The Kier molecular flexibility index (Phi) is 20.0. The van der Waals surface area contributed by atoms with Crippen LogP contribution in [-0.2, 0) is 41.8 Å². The number of halogens is 4. The Morgan fingerprint density at radius 1 is 0.594 bits per heavy atom. The van der Waals surface area contributed by atoms with Gasteiger partial charge in [0.2, 0.25) is 23.6 Å². The summed E-state index contributed by atoms with van der Waals surface area (Å²) in [6.45, 7) is 14.3. The SMILES string of the molecule is CC(=O)c1nn(CC(=O)N2C[C@H]3C[C@H]3[C@H]2C(=O)Nc2nc(Br)ccc2C2CC2)c2cc(C)sc12.CC(=O)c1nn(CC(=O)O)c2cc(C)sc12.CC(C)(C)OC(=O)N1C[C@H]2C[C@H]2[C@H]1C(=O)Nc1nc(Br)ccc1C1CC1.Cl.O=C(Nc1nc(Br)ccc1C1CC1)[C@H]1NC[C@H]2C[C@H]21. The molecule has 9 atom stereocenters. The van der Waals surface area contributed by atoms with Crippen LogP contribution in [0.1, 0.15) is 158 Å². The lowest BCUT2D eigenvalue weighted by Crippen LogP contribution is -2.47. The van der Waals surface area contributed by atoms with E-state index in [1.54, 1.807) is 14.5 Å². The molecule has 23 nitrogen and oxygen atoms in total. The lowest BCUT2D eigenvalue weighted by Gasteiger charge is -2.29. The van der Waals surface area contributed by atoms with Crippen LogP contribution in [0.2, 0.25) is 0 Å². The van der Waals surface area contributed by atoms with Gasteiger partial charge in [-0.25, -0.2) is 19.7 Å². The van der Waals surface area contributed by atoms with Gasteiger partial charge in [-0.2, -0.15) is 10.2 Å². The number of aryl methyl sites for hydroxylation is 2. The summed E-state index contributed by atoms with van der Waals surface area (Å²) in [5.41, 5.74) is 5.01. The van der Waals surface area contributed by atoms with Crippen LogP contribution in [0.5, 0.6) is 0 Å². The van der Waals surface area contributed by atoms with Crippen LogP contribution in [0, 0.1) is 49.4 Å². The van der Waals surface area contributed by atoms with Crippen molar-refractivity contribution in [3.8, 4) is 0 Å². The largest absolute Gasteiger partial charge is 0.480 e. The van der Waals surface area contributed by atoms with E-state index in [1.165, 1.54) is 66.0 Å². The molecule has 6 aliphatic carbocycles. The number of amides is 5. The molecule has 0 spiro atoms. The number of hydrogen-bond acceptors (Lipinski definition) is 17. The summed E-state index contributed by atoms with van der Waals surface area (Å²) < 4.78 is 12.2. The molecule has 16 rings (SSSR count). The topological polar surface area (TPSA) is 295 Å². The van der Waals surface area contributed by atoms with Crippen LogP contribution in [0.25, 0.3) is 20.4 Å². The minimum absolute atomic E-state index is 0. The van der Waals surface area contributed by atoms with Gasteiger partial charge in [-0.05, 0) is 247 Å². The highest BCUT2D eigenvalue weighted by molar-refractivity contribution is 9.11. The predicted octanol–water partition coefficient (Wildman–Crippen LogP) is 12.4. The number of fused-ring (bicyclic) bond motifs is 5. The average Bonchev–Trinajstić information content (AvgIpc) is 1.59. The number of ether oxygens (including phenoxy) is 1. The van der Waals surface area contributed by atoms with Crippen LogP contribution in [0.4, 0.5) is 22.2 Å². The second-order valence-electron chi connectivity index (χ2n) is 27.6. The van der Waals surface area contributed by atoms with Gasteiger partial charge in [0.1, 0.15) is 73.4 Å². The van der Waals surface area contributed by atoms with E-state index in [4.69, 9.17) is 9.84 Å². The predicted molar refractivity (Wildman–Crippen MR) is 376 cm³/mol. The molecule has 0 aromatic carbocycles. The summed E-state index contributed by atoms with van der Waals surface area (Å²) in [5.74, 6) is 4.30. The number of thiophene rings is 2. The Hall–Kier alpha value is -6.56. The highest BCUT2D eigenvalue weighted by atomic mass is 79.9. The number of rotatable bonds is 15. The number of anilines is 3. The zero-order chi connectivity index (χ0) is 67.2. The molecular weight excluding hydrogens is 1490 g/mol. The standard InChI is InChI=1S/C24H24BrN5O3S.C19H24BrN3O3.C14H16BrN3O.C10H10N2O3S.ClH/c1-11-7-17-22(34-11)20(12(2)31)28-30(17)10-19(32)29-9-14-8-16(14)21(29)24(33)27-23-15(13-3-4-13)5-6-18(25)26-23;1-19(2,3)26-18(25)23-9-11-8-13(11)15(23)17(24)22-16-12(10-4-5-10)6-7-14(20)21-16;15-11-4-3-9(7-1-2-7)13(17-11)18-14(19)12-10-5-8(10)6-16-12;1-5-3-7-10(16-5)9(6(2)13)11-12(7)4-8(14)15;/h5-7,13-14,16,21H,3-4,8-10H2,1-2H3,(H,26,27,33);6-7,10-11,13,15H,4-5,8-9H2,1-3H3,(H,21,22,24);3-4,7-8,10,12,16H,1-2,5-6H2,(H,17,18,19);3H,4H2,1-2H3,(H,14,15);1H/t14-,16-,21+;11-,13-,15+;8-,10-,12+;;/m111../s1. The van der Waals surface area contributed by atoms with Crippen molar-refractivity contribution in [1.82, 2.24) is 49.6 Å². The third-order valence-electron chi connectivity index (χ3n) is 18.9. The van der Waals surface area contributed by atoms with Gasteiger partial charge >= 0.3 is 12.1 Å². The quantitative estimate of drug-likeness (QED) is 0.0471. The number of carboxylic acid groups (broad SMARTS) is 1. The van der Waals surface area contributed by atoms with Crippen molar-refractivity contribution >= 4 is 168 Å². The first kappa shape index (κ1) is 69.3. The third-order valence-corrected chi connectivity index (χ3v) is 22.3. The number of aliphatic carboxylic acids is 1. The Bertz CT molecular complexity index is 4290. The molecule has 0 bridgehead atoms. The molecule has 29 heteroatoms. The number of pyridine rings is 3. The minimum atomic E-state index is -0.969. The highest BCUT2D eigenvalue weighted by Gasteiger charge is 2.59. The summed E-state index contributed by atoms with van der Waals surface area (Å²) >= 11 is 13.1. The number of Topliss-reactive ketones (excluding diaryl/α,β-unsaturated/α-hetero) is 2. The molecular formula is C67H75Br3ClN13O10S2. The van der Waals surface area contributed by atoms with E-state index >= 15 is 0 Å². The summed E-state index contributed by atoms with van der Waals surface area (Å²) in [6.07, 6.45) is 9.64. The third kappa shape index (κ3) is 15.5. The van der Waals surface area contributed by atoms with Gasteiger partial charge in [-0.1, -0.05) is 18.2 Å². The van der Waals surface area contributed by atoms with Crippen LogP contribution >= 0.6 is 82.9 Å². The molecule has 3 aliphatic heterocycles. The molecule has 7 aromatic rings. The second kappa shape index (κ2) is 27.6. The first-order valence-electron chi connectivity index (χ1n) is 32.4. The number of hydrogen-bond donors (Lipinski definition) is 5. The summed E-state index contributed by atoms with van der Waals surface area (Å²) in [6, 6.07) is 14.7. The van der Waals surface area contributed by atoms with Crippen molar-refractivity contribution in [3.05, 3.63) is 100 Å². The van der Waals surface area contributed by atoms with Crippen LogP contribution in [0.3, 0.4) is 0 Å². The Morgan fingerprint density at radius 2 is 1.00 bits per heavy atom. The maximum absolute atomic E-state index is 13.4. The van der Waals surface area contributed by atoms with E-state index in [2.05, 4.69) is 100 Å². The Balaban J connectivity index is 0.000000127. The van der Waals surface area contributed by atoms with E-state index in [0.29, 0.717) is 80.8 Å². The maximum Gasteiger partial charge on any atom is 0.410 e. The van der Waals surface area contributed by atoms with Crippen molar-refractivity contribution in [2.45, 2.75) is 161 Å². The van der Waals surface area contributed by atoms with Gasteiger partial charge in [-0.15, -0.1) is 35.1 Å². The van der Waals surface area contributed by atoms with Gasteiger partial charge in [0, 0.05) is 36.7 Å². The summed E-state index contributed by atoms with van der Waals surface area (Å²) in [4.78, 5) is 118. The number of nitrogens with one attached hydrogen (secondary N) is 4. The Morgan fingerprint density at radius 3 is 1.39 bits per heavy atom. The molecule has 96 heavy (non-hydrogen) atoms. The van der Waals surface area contributed by atoms with E-state index < -0.39 is 29.7 Å². The second-order valence-corrected chi connectivity index (χ2v) is 32.6. The fourth-order valence-electron chi connectivity index (χ4n) is 13.6.